The first-order valence-corrected chi connectivity index (χ1v) is 11.4. The maximum Gasteiger partial charge on any atom is 0.278 e. The summed E-state index contributed by atoms with van der Waals surface area (Å²) in [6, 6.07) is 10.5. The Morgan fingerprint density at radius 2 is 1.71 bits per heavy atom. The maximum absolute atomic E-state index is 15.2. The number of carbonyl (C=O) groups is 4. The first-order valence-electron chi connectivity index (χ1n) is 11.4. The van der Waals surface area contributed by atoms with E-state index in [1.165, 1.54) is 18.2 Å². The van der Waals surface area contributed by atoms with Gasteiger partial charge in [0.2, 0.25) is 11.8 Å². The topological polar surface area (TPSA) is 113 Å². The van der Waals surface area contributed by atoms with Gasteiger partial charge >= 0.3 is 0 Å². The molecule has 10 heteroatoms. The lowest BCUT2D eigenvalue weighted by Gasteiger charge is -2.28. The number of nitrogens with two attached hydrogens (primary N) is 1. The fourth-order valence-corrected chi connectivity index (χ4v) is 5.26. The second-order valence-corrected chi connectivity index (χ2v) is 9.24. The quantitative estimate of drug-likeness (QED) is 0.627. The van der Waals surface area contributed by atoms with Gasteiger partial charge in [-0.1, -0.05) is 42.5 Å². The van der Waals surface area contributed by atoms with E-state index in [4.69, 9.17) is 5.73 Å². The lowest BCUT2D eigenvalue weighted by atomic mass is 9.91. The molecule has 3 N–H and O–H groups in total. The first kappa shape index (κ1) is 23.3. The molecule has 1 unspecified atom stereocenters. The van der Waals surface area contributed by atoms with Crippen LogP contribution in [-0.2, 0) is 22.1 Å². The third-order valence-electron chi connectivity index (χ3n) is 7.01. The van der Waals surface area contributed by atoms with Gasteiger partial charge in [0.25, 0.3) is 17.7 Å². The number of nitrogens with one attached hydrogen (secondary N) is 1. The number of imide groups is 2. The normalized spacial score (nSPS) is 25.2. The summed E-state index contributed by atoms with van der Waals surface area (Å²) in [4.78, 5) is 52.8. The number of amides is 4. The van der Waals surface area contributed by atoms with E-state index in [1.807, 2.05) is 0 Å². The average Bonchev–Trinajstić information content (AvgIpc) is 3.32. The van der Waals surface area contributed by atoms with Crippen LogP contribution in [0.15, 0.2) is 48.5 Å². The van der Waals surface area contributed by atoms with Crippen LogP contribution < -0.4 is 11.1 Å². The number of benzene rings is 2. The Labute approximate surface area is 200 Å². The lowest BCUT2D eigenvalue weighted by molar-refractivity contribution is -0.136. The van der Waals surface area contributed by atoms with Crippen LogP contribution in [0.4, 0.5) is 8.78 Å². The van der Waals surface area contributed by atoms with Gasteiger partial charge in [0.05, 0.1) is 17.0 Å². The van der Waals surface area contributed by atoms with Gasteiger partial charge in [0, 0.05) is 37.7 Å². The zero-order chi connectivity index (χ0) is 24.9. The minimum atomic E-state index is -3.12. The predicted octanol–water partition coefficient (Wildman–Crippen LogP) is 1.64. The van der Waals surface area contributed by atoms with E-state index in [0.29, 0.717) is 5.56 Å². The van der Waals surface area contributed by atoms with E-state index in [1.54, 1.807) is 35.2 Å². The number of rotatable bonds is 5. The van der Waals surface area contributed by atoms with E-state index >= 15 is 8.78 Å². The molecule has 0 radical (unpaired) electrons. The van der Waals surface area contributed by atoms with E-state index in [-0.39, 0.29) is 49.2 Å². The Hall–Kier alpha value is -3.50. The highest BCUT2D eigenvalue weighted by Gasteiger charge is 2.50. The van der Waals surface area contributed by atoms with Gasteiger partial charge in [-0.3, -0.25) is 34.3 Å². The number of carbonyl (C=O) groups excluding carboxylic acids is 4. The van der Waals surface area contributed by atoms with Gasteiger partial charge in [-0.25, -0.2) is 8.78 Å². The van der Waals surface area contributed by atoms with Crippen molar-refractivity contribution < 1.29 is 28.0 Å². The number of likely N-dealkylation sites (tertiary alicyclic amines) is 1. The third kappa shape index (κ3) is 3.92. The number of hydrogen-bond donors (Lipinski definition) is 2. The van der Waals surface area contributed by atoms with Crippen LogP contribution in [0.25, 0.3) is 0 Å². The van der Waals surface area contributed by atoms with Crippen LogP contribution in [0.2, 0.25) is 0 Å². The van der Waals surface area contributed by atoms with Crippen molar-refractivity contribution in [2.45, 2.75) is 37.4 Å². The molecule has 0 bridgehead atoms. The fraction of sp³-hybridized carbons (Fsp3) is 0.360. The van der Waals surface area contributed by atoms with E-state index in [9.17, 15) is 19.2 Å². The molecule has 0 spiro atoms. The molecular weight excluding hydrogens is 458 g/mol. The number of fused-ring (bicyclic) bond motifs is 1. The number of piperidine rings is 1. The number of nitrogens with zero attached hydrogens (tertiary/aromatic N) is 2. The highest BCUT2D eigenvalue weighted by Crippen LogP contribution is 2.41. The molecule has 2 aromatic carbocycles. The fourth-order valence-electron chi connectivity index (χ4n) is 5.26. The number of halogens is 2. The molecule has 0 aliphatic carbocycles. The van der Waals surface area contributed by atoms with Gasteiger partial charge in [-0.15, -0.1) is 0 Å². The van der Waals surface area contributed by atoms with Crippen molar-refractivity contribution in [3.63, 3.8) is 0 Å². The average molecular weight is 482 g/mol. The second-order valence-electron chi connectivity index (χ2n) is 9.24. The predicted molar refractivity (Wildman–Crippen MR) is 120 cm³/mol. The highest BCUT2D eigenvalue weighted by atomic mass is 19.3. The van der Waals surface area contributed by atoms with E-state index in [0.717, 1.165) is 4.90 Å². The minimum absolute atomic E-state index is 0.0196. The molecule has 5 rings (SSSR count). The van der Waals surface area contributed by atoms with Crippen molar-refractivity contribution in [3.05, 3.63) is 70.8 Å². The Balaban J connectivity index is 1.37. The van der Waals surface area contributed by atoms with Crippen LogP contribution in [0.1, 0.15) is 44.7 Å². The molecule has 35 heavy (non-hydrogen) atoms. The summed E-state index contributed by atoms with van der Waals surface area (Å²) < 4.78 is 30.4. The van der Waals surface area contributed by atoms with Gasteiger partial charge in [-0.2, -0.15) is 0 Å². The molecule has 4 amide bonds. The molecule has 2 aromatic rings. The van der Waals surface area contributed by atoms with E-state index < -0.39 is 47.6 Å². The Kier molecular flexibility index (Phi) is 5.72. The molecular formula is C25H24F2N4O4. The molecule has 182 valence electrons. The number of alkyl halides is 2. The molecule has 0 aromatic heterocycles. The molecule has 2 fully saturated rings. The summed E-state index contributed by atoms with van der Waals surface area (Å²) in [6.07, 6.45) is 0.0854. The summed E-state index contributed by atoms with van der Waals surface area (Å²) >= 11 is 0. The minimum Gasteiger partial charge on any atom is -0.326 e. The molecule has 3 aliphatic rings. The van der Waals surface area contributed by atoms with Crippen molar-refractivity contribution in [2.75, 3.05) is 13.1 Å². The lowest BCUT2D eigenvalue weighted by Crippen LogP contribution is -2.54. The summed E-state index contributed by atoms with van der Waals surface area (Å²) in [7, 11) is 0. The van der Waals surface area contributed by atoms with Gasteiger partial charge < -0.3 is 5.73 Å². The molecule has 3 aliphatic heterocycles. The summed E-state index contributed by atoms with van der Waals surface area (Å²) in [5, 5.41) is 2.17. The zero-order valence-corrected chi connectivity index (χ0v) is 18.7. The maximum atomic E-state index is 15.2. The van der Waals surface area contributed by atoms with Gasteiger partial charge in [0.15, 0.2) is 0 Å². The molecule has 2 saturated heterocycles. The van der Waals surface area contributed by atoms with Crippen molar-refractivity contribution in [1.82, 2.24) is 15.1 Å². The molecule has 0 saturated carbocycles. The van der Waals surface area contributed by atoms with Crippen LogP contribution in [0.3, 0.4) is 0 Å². The van der Waals surface area contributed by atoms with E-state index in [2.05, 4.69) is 5.32 Å². The zero-order valence-electron chi connectivity index (χ0n) is 18.7. The van der Waals surface area contributed by atoms with Crippen molar-refractivity contribution in [1.29, 1.82) is 0 Å². The van der Waals surface area contributed by atoms with Gasteiger partial charge in [-0.05, 0) is 18.1 Å². The smallest absolute Gasteiger partial charge is 0.278 e. The van der Waals surface area contributed by atoms with Crippen LogP contribution in [0.5, 0.6) is 0 Å². The van der Waals surface area contributed by atoms with Crippen molar-refractivity contribution >= 4 is 23.6 Å². The molecule has 3 heterocycles. The number of hydrogen-bond acceptors (Lipinski definition) is 6. The largest absolute Gasteiger partial charge is 0.326 e. The monoisotopic (exact) mass is 482 g/mol. The Morgan fingerprint density at radius 1 is 0.971 bits per heavy atom. The summed E-state index contributed by atoms with van der Waals surface area (Å²) in [5.41, 5.74) is 6.86. The van der Waals surface area contributed by atoms with Gasteiger partial charge in [0.1, 0.15) is 6.04 Å². The Morgan fingerprint density at radius 3 is 2.43 bits per heavy atom. The standard InChI is InChI=1S/C25H24F2N4O4/c26-25(27,15-6-2-1-3-7-15)17-12-30(13-18(17)28)11-14-5-4-8-16-21(14)24(35)31(23(16)34)19-9-10-20(32)29-22(19)33/h1-8,17-19H,9-13,28H2,(H,29,32,33)/t17-,18-,19?/m1/s1. The molecule has 8 nitrogen and oxygen atoms in total. The highest BCUT2D eigenvalue weighted by molar-refractivity contribution is 6.24. The van der Waals surface area contributed by atoms with Crippen LogP contribution in [0, 0.1) is 5.92 Å². The van der Waals surface area contributed by atoms with Crippen molar-refractivity contribution in [2.24, 2.45) is 11.7 Å². The van der Waals surface area contributed by atoms with Crippen LogP contribution >= 0.6 is 0 Å². The Bertz CT molecular complexity index is 1220. The third-order valence-corrected chi connectivity index (χ3v) is 7.01. The summed E-state index contributed by atoms with van der Waals surface area (Å²) in [6.45, 7) is 0.377. The SMILES string of the molecule is N[C@@H]1CN(Cc2cccc3c2C(=O)N(C2CCC(=O)NC2=O)C3=O)C[C@H]1C(F)(F)c1ccccc1. The second kappa shape index (κ2) is 8.62. The molecule has 3 atom stereocenters. The van der Waals surface area contributed by atoms with Crippen LogP contribution in [-0.4, -0.2) is 58.6 Å². The summed E-state index contributed by atoms with van der Waals surface area (Å²) in [5.74, 6) is -6.59. The first-order chi connectivity index (χ1) is 16.7. The van der Waals surface area contributed by atoms with Crippen molar-refractivity contribution in [3.8, 4) is 0 Å².